The Kier molecular flexibility index (Phi) is 2.94. The van der Waals surface area contributed by atoms with Gasteiger partial charge in [-0.05, 0) is 43.7 Å². The fourth-order valence-electron chi connectivity index (χ4n) is 2.75. The van der Waals surface area contributed by atoms with Gasteiger partial charge in [0.15, 0.2) is 0 Å². The first-order chi connectivity index (χ1) is 9.91. The van der Waals surface area contributed by atoms with Crippen molar-refractivity contribution < 1.29 is 0 Å². The Morgan fingerprint density at radius 1 is 0.667 bits per heavy atom. The molecule has 0 aliphatic carbocycles. The molecule has 0 aliphatic rings. The van der Waals surface area contributed by atoms with Crippen LogP contribution in [0.2, 0.25) is 0 Å². The first-order valence-corrected chi connectivity index (χ1v) is 6.98. The number of aromatic nitrogens is 1. The Balaban J connectivity index is 2.80. The lowest BCUT2D eigenvalue weighted by Gasteiger charge is -2.20. The Labute approximate surface area is 122 Å². The molecule has 0 atom stereocenters. The minimum absolute atomic E-state index is 0.237. The molecule has 0 spiro atoms. The molecular formula is C18H17NO2. The van der Waals surface area contributed by atoms with E-state index < -0.39 is 5.54 Å². The molecule has 1 aromatic heterocycles. The Morgan fingerprint density at radius 3 is 1.33 bits per heavy atom. The summed E-state index contributed by atoms with van der Waals surface area (Å²) in [4.78, 5) is 25.7. The molecule has 0 radical (unpaired) electrons. The molecule has 3 aromatic rings. The molecule has 3 heteroatoms. The smallest absolute Gasteiger partial charge is 0.261 e. The van der Waals surface area contributed by atoms with Crippen LogP contribution in [0.5, 0.6) is 0 Å². The van der Waals surface area contributed by atoms with E-state index in [1.165, 1.54) is 4.57 Å². The highest BCUT2D eigenvalue weighted by molar-refractivity contribution is 6.05. The first kappa shape index (κ1) is 13.6. The van der Waals surface area contributed by atoms with Crippen molar-refractivity contribution in [3.63, 3.8) is 0 Å². The Hall–Kier alpha value is -2.42. The molecule has 2 aromatic carbocycles. The molecule has 0 bridgehead atoms. The van der Waals surface area contributed by atoms with Crippen molar-refractivity contribution in [1.82, 2.24) is 4.57 Å². The van der Waals surface area contributed by atoms with Gasteiger partial charge in [-0.3, -0.25) is 14.2 Å². The largest absolute Gasteiger partial charge is 0.269 e. The number of nitrogens with zero attached hydrogens (tertiary/aromatic N) is 1. The molecule has 0 unspecified atom stereocenters. The van der Waals surface area contributed by atoms with Crippen molar-refractivity contribution in [2.75, 3.05) is 0 Å². The maximum absolute atomic E-state index is 12.9. The molecule has 0 aliphatic heterocycles. The summed E-state index contributed by atoms with van der Waals surface area (Å²) in [5.74, 6) is 0. The SMILES string of the molecule is CC(C)(C)n1c(=O)c2ccccc2c2ccccc2c1=O. The van der Waals surface area contributed by atoms with Crippen molar-refractivity contribution >= 4 is 21.5 Å². The van der Waals surface area contributed by atoms with Gasteiger partial charge in [-0.2, -0.15) is 0 Å². The monoisotopic (exact) mass is 279 g/mol. The lowest BCUT2D eigenvalue weighted by molar-refractivity contribution is 0.378. The van der Waals surface area contributed by atoms with Crippen molar-refractivity contribution in [1.29, 1.82) is 0 Å². The third-order valence-electron chi connectivity index (χ3n) is 3.68. The summed E-state index contributed by atoms with van der Waals surface area (Å²) in [7, 11) is 0. The number of hydrogen-bond acceptors (Lipinski definition) is 2. The van der Waals surface area contributed by atoms with Gasteiger partial charge < -0.3 is 0 Å². The van der Waals surface area contributed by atoms with Crippen LogP contribution < -0.4 is 11.1 Å². The lowest BCUT2D eigenvalue weighted by atomic mass is 10.1. The van der Waals surface area contributed by atoms with E-state index in [9.17, 15) is 9.59 Å². The van der Waals surface area contributed by atoms with E-state index in [2.05, 4.69) is 0 Å². The zero-order valence-electron chi connectivity index (χ0n) is 12.4. The quantitative estimate of drug-likeness (QED) is 0.633. The van der Waals surface area contributed by atoms with Gasteiger partial charge in [0.05, 0.1) is 0 Å². The minimum atomic E-state index is -0.571. The Morgan fingerprint density at radius 2 is 1.00 bits per heavy atom. The van der Waals surface area contributed by atoms with Gasteiger partial charge in [0, 0.05) is 16.3 Å². The average Bonchev–Trinajstić information content (AvgIpc) is 2.54. The van der Waals surface area contributed by atoms with E-state index in [0.29, 0.717) is 10.8 Å². The number of rotatable bonds is 0. The normalized spacial score (nSPS) is 12.0. The zero-order chi connectivity index (χ0) is 15.2. The highest BCUT2D eigenvalue weighted by Crippen LogP contribution is 2.20. The van der Waals surface area contributed by atoms with E-state index in [1.54, 1.807) is 12.1 Å². The summed E-state index contributed by atoms with van der Waals surface area (Å²) in [5.41, 5.74) is -1.04. The number of hydrogen-bond donors (Lipinski definition) is 0. The highest BCUT2D eigenvalue weighted by Gasteiger charge is 2.20. The van der Waals surface area contributed by atoms with Gasteiger partial charge in [0.25, 0.3) is 11.1 Å². The third-order valence-corrected chi connectivity index (χ3v) is 3.68. The molecule has 0 N–H and O–H groups in total. The van der Waals surface area contributed by atoms with Crippen molar-refractivity contribution in [3.05, 3.63) is 69.2 Å². The number of fused-ring (bicyclic) bond motifs is 3. The minimum Gasteiger partial charge on any atom is -0.269 e. The summed E-state index contributed by atoms with van der Waals surface area (Å²) < 4.78 is 1.36. The average molecular weight is 279 g/mol. The molecule has 0 saturated carbocycles. The van der Waals surface area contributed by atoms with Gasteiger partial charge in [-0.1, -0.05) is 36.4 Å². The highest BCUT2D eigenvalue weighted by atomic mass is 16.2. The predicted octanol–water partition coefficient (Wildman–Crippen LogP) is 3.27. The summed E-state index contributed by atoms with van der Waals surface area (Å²) in [6.45, 7) is 5.62. The van der Waals surface area contributed by atoms with E-state index in [0.717, 1.165) is 10.8 Å². The predicted molar refractivity (Wildman–Crippen MR) is 87.0 cm³/mol. The Bertz CT molecular complexity index is 890. The van der Waals surface area contributed by atoms with Gasteiger partial charge >= 0.3 is 0 Å². The second-order valence-electron chi connectivity index (χ2n) is 6.21. The van der Waals surface area contributed by atoms with Crippen LogP contribution in [0.25, 0.3) is 21.5 Å². The first-order valence-electron chi connectivity index (χ1n) is 6.98. The molecule has 3 nitrogen and oxygen atoms in total. The fraction of sp³-hybridized carbons (Fsp3) is 0.222. The van der Waals surface area contributed by atoms with E-state index in [4.69, 9.17) is 0 Å². The number of benzene rings is 2. The van der Waals surface area contributed by atoms with E-state index in [-0.39, 0.29) is 11.1 Å². The molecule has 0 amide bonds. The van der Waals surface area contributed by atoms with Crippen LogP contribution in [0.1, 0.15) is 20.8 Å². The van der Waals surface area contributed by atoms with Gasteiger partial charge in [0.1, 0.15) is 0 Å². The second kappa shape index (κ2) is 4.55. The van der Waals surface area contributed by atoms with Crippen molar-refractivity contribution in [2.45, 2.75) is 26.3 Å². The van der Waals surface area contributed by atoms with Crippen LogP contribution in [0.3, 0.4) is 0 Å². The van der Waals surface area contributed by atoms with Crippen LogP contribution >= 0.6 is 0 Å². The van der Waals surface area contributed by atoms with Crippen molar-refractivity contribution in [2.24, 2.45) is 0 Å². The maximum atomic E-state index is 12.9. The molecule has 0 saturated heterocycles. The molecule has 1 heterocycles. The van der Waals surface area contributed by atoms with Gasteiger partial charge in [0.2, 0.25) is 0 Å². The summed E-state index contributed by atoms with van der Waals surface area (Å²) >= 11 is 0. The topological polar surface area (TPSA) is 39.1 Å². The summed E-state index contributed by atoms with van der Waals surface area (Å²) in [6.07, 6.45) is 0. The lowest BCUT2D eigenvalue weighted by Crippen LogP contribution is -2.41. The summed E-state index contributed by atoms with van der Waals surface area (Å²) in [5, 5.41) is 2.79. The van der Waals surface area contributed by atoms with Crippen LogP contribution in [0.4, 0.5) is 0 Å². The van der Waals surface area contributed by atoms with Crippen LogP contribution in [-0.2, 0) is 5.54 Å². The fourth-order valence-corrected chi connectivity index (χ4v) is 2.75. The van der Waals surface area contributed by atoms with Crippen LogP contribution in [0, 0.1) is 0 Å². The summed E-state index contributed by atoms with van der Waals surface area (Å²) in [6, 6.07) is 14.8. The molecule has 0 fully saturated rings. The third kappa shape index (κ3) is 2.05. The molecular weight excluding hydrogens is 262 g/mol. The second-order valence-corrected chi connectivity index (χ2v) is 6.21. The van der Waals surface area contributed by atoms with Gasteiger partial charge in [-0.15, -0.1) is 0 Å². The van der Waals surface area contributed by atoms with Crippen LogP contribution in [-0.4, -0.2) is 4.57 Å². The van der Waals surface area contributed by atoms with Crippen molar-refractivity contribution in [3.8, 4) is 0 Å². The van der Waals surface area contributed by atoms with Gasteiger partial charge in [-0.25, -0.2) is 0 Å². The zero-order valence-corrected chi connectivity index (χ0v) is 12.4. The molecule has 106 valence electrons. The standard InChI is InChI=1S/C18H17NO2/c1-18(2,3)19-16(20)14-10-6-4-8-12(14)13-9-5-7-11-15(13)17(19)21/h4-11H,1-3H3. The maximum Gasteiger partial charge on any atom is 0.261 e. The van der Waals surface area contributed by atoms with E-state index in [1.807, 2.05) is 57.2 Å². The van der Waals surface area contributed by atoms with E-state index >= 15 is 0 Å². The molecule has 3 rings (SSSR count). The molecule has 21 heavy (non-hydrogen) atoms. The van der Waals surface area contributed by atoms with Crippen LogP contribution in [0.15, 0.2) is 58.1 Å².